The molecule has 7 aromatic carbocycles. The first-order chi connectivity index (χ1) is 22.8. The zero-order valence-corrected chi connectivity index (χ0v) is 25.7. The highest BCUT2D eigenvalue weighted by Gasteiger charge is 2.23. The highest BCUT2D eigenvalue weighted by Crippen LogP contribution is 2.50. The Labute approximate surface area is 270 Å². The van der Waals surface area contributed by atoms with Crippen LogP contribution in [0.1, 0.15) is 0 Å². The van der Waals surface area contributed by atoms with Gasteiger partial charge in [-0.15, -0.1) is 11.3 Å². The van der Waals surface area contributed by atoms with Crippen molar-refractivity contribution in [1.29, 1.82) is 0 Å². The summed E-state index contributed by atoms with van der Waals surface area (Å²) in [7, 11) is 0. The van der Waals surface area contributed by atoms with Crippen LogP contribution in [0, 0.1) is 0 Å². The van der Waals surface area contributed by atoms with Gasteiger partial charge in [0.05, 0.1) is 26.5 Å². The number of para-hydroxylation sites is 5. The quantitative estimate of drug-likeness (QED) is 0.187. The first kappa shape index (κ1) is 26.6. The number of furan rings is 1. The van der Waals surface area contributed by atoms with E-state index in [4.69, 9.17) is 4.42 Å². The maximum absolute atomic E-state index is 6.58. The Morgan fingerprint density at radius 2 is 0.783 bits per heavy atom. The van der Waals surface area contributed by atoms with Crippen LogP contribution in [0.15, 0.2) is 174 Å². The molecule has 9 aromatic rings. The number of hydrogen-bond acceptors (Lipinski definition) is 4. The third-order valence-electron chi connectivity index (χ3n) is 8.63. The molecule has 2 aromatic heterocycles. The SMILES string of the molecule is c1ccc(N(c2ccccc2)c2cccc3c2sc2c(N(c4ccccc4)c4cccc5c4oc4ccccc45)cccc23)cc1. The Balaban J connectivity index is 1.32. The minimum absolute atomic E-state index is 0.880. The average molecular weight is 609 g/mol. The summed E-state index contributed by atoms with van der Waals surface area (Å²) in [4.78, 5) is 4.72. The van der Waals surface area contributed by atoms with Gasteiger partial charge in [-0.2, -0.15) is 0 Å². The lowest BCUT2D eigenvalue weighted by Gasteiger charge is -2.26. The molecule has 0 aliphatic rings. The van der Waals surface area contributed by atoms with Gasteiger partial charge in [-0.05, 0) is 60.7 Å². The molecule has 0 saturated heterocycles. The molecule has 0 N–H and O–H groups in total. The van der Waals surface area contributed by atoms with E-state index in [9.17, 15) is 0 Å². The van der Waals surface area contributed by atoms with Crippen LogP contribution in [0.5, 0.6) is 0 Å². The van der Waals surface area contributed by atoms with E-state index < -0.39 is 0 Å². The Kier molecular flexibility index (Phi) is 6.32. The summed E-state index contributed by atoms with van der Waals surface area (Å²) in [5, 5.41) is 4.71. The topological polar surface area (TPSA) is 19.6 Å². The maximum Gasteiger partial charge on any atom is 0.159 e. The Bertz CT molecular complexity index is 2440. The molecule has 3 nitrogen and oxygen atoms in total. The molecule has 0 radical (unpaired) electrons. The molecule has 46 heavy (non-hydrogen) atoms. The second-order valence-corrected chi connectivity index (χ2v) is 12.4. The van der Waals surface area contributed by atoms with Crippen molar-refractivity contribution in [2.24, 2.45) is 0 Å². The van der Waals surface area contributed by atoms with Gasteiger partial charge < -0.3 is 14.2 Å². The molecule has 4 heteroatoms. The summed E-state index contributed by atoms with van der Waals surface area (Å²) in [6.07, 6.45) is 0. The normalized spacial score (nSPS) is 11.5. The maximum atomic E-state index is 6.58. The number of fused-ring (bicyclic) bond motifs is 6. The van der Waals surface area contributed by atoms with E-state index in [0.29, 0.717) is 0 Å². The van der Waals surface area contributed by atoms with Crippen LogP contribution in [-0.4, -0.2) is 0 Å². The summed E-state index contributed by atoms with van der Waals surface area (Å²) in [6.45, 7) is 0. The van der Waals surface area contributed by atoms with Crippen molar-refractivity contribution in [1.82, 2.24) is 0 Å². The first-order valence-corrected chi connectivity index (χ1v) is 16.3. The number of hydrogen-bond donors (Lipinski definition) is 0. The first-order valence-electron chi connectivity index (χ1n) is 15.4. The van der Waals surface area contributed by atoms with Crippen LogP contribution in [0.3, 0.4) is 0 Å². The van der Waals surface area contributed by atoms with Gasteiger partial charge in [0.2, 0.25) is 0 Å². The van der Waals surface area contributed by atoms with E-state index in [1.54, 1.807) is 0 Å². The van der Waals surface area contributed by atoms with Crippen molar-refractivity contribution in [3.8, 4) is 0 Å². The van der Waals surface area contributed by atoms with Gasteiger partial charge in [-0.25, -0.2) is 0 Å². The molecule has 0 spiro atoms. The predicted molar refractivity (Wildman–Crippen MR) is 196 cm³/mol. The van der Waals surface area contributed by atoms with Crippen LogP contribution in [-0.2, 0) is 0 Å². The molecule has 0 aliphatic carbocycles. The fraction of sp³-hybridized carbons (Fsp3) is 0. The highest BCUT2D eigenvalue weighted by atomic mass is 32.1. The van der Waals surface area contributed by atoms with Crippen molar-refractivity contribution in [2.75, 3.05) is 9.80 Å². The number of rotatable bonds is 6. The smallest absolute Gasteiger partial charge is 0.159 e. The van der Waals surface area contributed by atoms with Crippen molar-refractivity contribution < 1.29 is 4.42 Å². The lowest BCUT2D eigenvalue weighted by molar-refractivity contribution is 0.669. The molecule has 9 rings (SSSR count). The minimum atomic E-state index is 0.880. The van der Waals surface area contributed by atoms with E-state index in [1.807, 2.05) is 23.5 Å². The molecule has 0 amide bonds. The van der Waals surface area contributed by atoms with Crippen LogP contribution in [0.25, 0.3) is 42.1 Å². The summed E-state index contributed by atoms with van der Waals surface area (Å²) >= 11 is 1.85. The zero-order valence-electron chi connectivity index (χ0n) is 24.9. The summed E-state index contributed by atoms with van der Waals surface area (Å²) < 4.78 is 9.05. The Morgan fingerprint density at radius 3 is 1.37 bits per heavy atom. The van der Waals surface area contributed by atoms with E-state index in [0.717, 1.165) is 56.1 Å². The van der Waals surface area contributed by atoms with Crippen molar-refractivity contribution in [3.05, 3.63) is 170 Å². The fourth-order valence-electron chi connectivity index (χ4n) is 6.62. The molecule has 0 saturated carbocycles. The van der Waals surface area contributed by atoms with E-state index in [-0.39, 0.29) is 0 Å². The monoisotopic (exact) mass is 608 g/mol. The third-order valence-corrected chi connectivity index (χ3v) is 9.90. The molecule has 0 unspecified atom stereocenters. The molecular formula is C42H28N2OS. The van der Waals surface area contributed by atoms with Crippen LogP contribution in [0.4, 0.5) is 34.1 Å². The highest BCUT2D eigenvalue weighted by molar-refractivity contribution is 7.27. The van der Waals surface area contributed by atoms with E-state index in [2.05, 4.69) is 168 Å². The number of thiophene rings is 1. The van der Waals surface area contributed by atoms with E-state index >= 15 is 0 Å². The molecule has 0 bridgehead atoms. The van der Waals surface area contributed by atoms with Gasteiger partial charge in [0.1, 0.15) is 5.58 Å². The minimum Gasteiger partial charge on any atom is -0.454 e. The largest absolute Gasteiger partial charge is 0.454 e. The van der Waals surface area contributed by atoms with Crippen LogP contribution >= 0.6 is 11.3 Å². The molecule has 0 fully saturated rings. The van der Waals surface area contributed by atoms with Crippen LogP contribution < -0.4 is 9.80 Å². The summed E-state index contributed by atoms with van der Waals surface area (Å²) in [6, 6.07) is 59.9. The van der Waals surface area contributed by atoms with Gasteiger partial charge in [-0.1, -0.05) is 109 Å². The Hall–Kier alpha value is -5.84. The third kappa shape index (κ3) is 4.26. The van der Waals surface area contributed by atoms with Crippen LogP contribution in [0.2, 0.25) is 0 Å². The molecule has 2 heterocycles. The lowest BCUT2D eigenvalue weighted by Crippen LogP contribution is -2.10. The van der Waals surface area contributed by atoms with Gasteiger partial charge in [0.25, 0.3) is 0 Å². The second kappa shape index (κ2) is 11.0. The lowest BCUT2D eigenvalue weighted by atomic mass is 10.1. The van der Waals surface area contributed by atoms with Crippen molar-refractivity contribution in [2.45, 2.75) is 0 Å². The van der Waals surface area contributed by atoms with Gasteiger partial charge in [0, 0.05) is 38.6 Å². The van der Waals surface area contributed by atoms with Crippen molar-refractivity contribution >= 4 is 87.6 Å². The van der Waals surface area contributed by atoms with Gasteiger partial charge in [-0.3, -0.25) is 0 Å². The predicted octanol–water partition coefficient (Wildman–Crippen LogP) is 12.9. The van der Waals surface area contributed by atoms with Gasteiger partial charge >= 0.3 is 0 Å². The number of benzene rings is 7. The number of anilines is 6. The van der Waals surface area contributed by atoms with Crippen molar-refractivity contribution in [3.63, 3.8) is 0 Å². The summed E-state index contributed by atoms with van der Waals surface area (Å²) in [5.41, 5.74) is 8.40. The fourth-order valence-corrected chi connectivity index (χ4v) is 7.93. The average Bonchev–Trinajstić information content (AvgIpc) is 3.70. The van der Waals surface area contributed by atoms with Gasteiger partial charge in [0.15, 0.2) is 5.58 Å². The molecule has 0 atom stereocenters. The molecular weight excluding hydrogens is 581 g/mol. The molecule has 0 aliphatic heterocycles. The van der Waals surface area contributed by atoms with E-state index in [1.165, 1.54) is 20.2 Å². The summed E-state index contributed by atoms with van der Waals surface area (Å²) in [5.74, 6) is 0. The standard InChI is InChI=1S/C42H28N2OS/c1-4-15-29(16-5-1)43(30-17-6-2-7-18-30)37-26-13-23-34-35-24-14-27-38(42(35)46-41(34)37)44(31-19-8-3-9-20-31)36-25-12-22-33-32-21-10-11-28-39(32)45-40(33)36/h1-28H. The Morgan fingerprint density at radius 1 is 0.348 bits per heavy atom. The second-order valence-electron chi connectivity index (χ2n) is 11.3. The number of nitrogens with zero attached hydrogens (tertiary/aromatic N) is 2. The zero-order chi connectivity index (χ0) is 30.5. The molecule has 218 valence electrons.